The Labute approximate surface area is 127 Å². The first-order valence-electron chi connectivity index (χ1n) is 7.49. The Hall–Kier alpha value is -1.81. The molecule has 1 aromatic heterocycles. The van der Waals surface area contributed by atoms with Gasteiger partial charge in [-0.1, -0.05) is 24.6 Å². The average molecular weight is 287 g/mol. The van der Waals surface area contributed by atoms with Gasteiger partial charge in [0.1, 0.15) is 5.75 Å². The molecule has 0 aliphatic carbocycles. The molecule has 0 fully saturated rings. The molecule has 0 aliphatic rings. The normalized spacial score (nSPS) is 12.4. The second-order valence-corrected chi connectivity index (χ2v) is 5.48. The summed E-state index contributed by atoms with van der Waals surface area (Å²) in [6, 6.07) is 6.59. The van der Waals surface area contributed by atoms with E-state index in [0.717, 1.165) is 25.1 Å². The third-order valence-electron chi connectivity index (χ3n) is 3.60. The van der Waals surface area contributed by atoms with Crippen molar-refractivity contribution in [2.24, 2.45) is 7.05 Å². The first kappa shape index (κ1) is 15.6. The van der Waals surface area contributed by atoms with Crippen molar-refractivity contribution in [2.45, 2.75) is 32.7 Å². The number of ether oxygens (including phenoxy) is 1. The number of nitrogens with one attached hydrogen (secondary N) is 1. The summed E-state index contributed by atoms with van der Waals surface area (Å²) >= 11 is 0. The topological polar surface area (TPSA) is 39.1 Å². The van der Waals surface area contributed by atoms with Gasteiger partial charge in [0.2, 0.25) is 0 Å². The molecule has 0 radical (unpaired) electrons. The van der Waals surface area contributed by atoms with E-state index in [1.54, 1.807) is 7.11 Å². The summed E-state index contributed by atoms with van der Waals surface area (Å²) in [5.41, 5.74) is 3.70. The summed E-state index contributed by atoms with van der Waals surface area (Å²) in [6.07, 6.45) is 6.02. The number of rotatable bonds is 7. The highest BCUT2D eigenvalue weighted by atomic mass is 16.5. The third-order valence-corrected chi connectivity index (χ3v) is 3.60. The zero-order valence-corrected chi connectivity index (χ0v) is 13.4. The van der Waals surface area contributed by atoms with E-state index in [1.807, 2.05) is 17.9 Å². The number of aromatic nitrogens is 2. The van der Waals surface area contributed by atoms with Crippen molar-refractivity contribution in [1.82, 2.24) is 15.1 Å². The molecule has 4 heteroatoms. The Bertz CT molecular complexity index is 577. The molecular weight excluding hydrogens is 262 g/mol. The molecule has 21 heavy (non-hydrogen) atoms. The summed E-state index contributed by atoms with van der Waals surface area (Å²) in [5.74, 6) is 0.943. The standard InChI is InChI=1S/C17H25N3O/c1-5-8-18-16(10-14-11-19-20(3)12-14)15-9-13(2)6-7-17(15)21-4/h6-7,9,11-12,16,18H,5,8,10H2,1-4H3. The monoisotopic (exact) mass is 287 g/mol. The van der Waals surface area contributed by atoms with E-state index in [2.05, 4.69) is 48.7 Å². The molecule has 0 aliphatic heterocycles. The van der Waals surface area contributed by atoms with Crippen molar-refractivity contribution in [1.29, 1.82) is 0 Å². The van der Waals surface area contributed by atoms with Crippen LogP contribution in [0.2, 0.25) is 0 Å². The predicted octanol–water partition coefficient (Wildman–Crippen LogP) is 3.02. The smallest absolute Gasteiger partial charge is 0.123 e. The fourth-order valence-corrected chi connectivity index (χ4v) is 2.55. The second-order valence-electron chi connectivity index (χ2n) is 5.48. The van der Waals surface area contributed by atoms with E-state index in [9.17, 15) is 0 Å². The molecule has 2 rings (SSSR count). The van der Waals surface area contributed by atoms with Gasteiger partial charge >= 0.3 is 0 Å². The Morgan fingerprint density at radius 2 is 2.19 bits per heavy atom. The van der Waals surface area contributed by atoms with Gasteiger partial charge in [0.05, 0.1) is 13.3 Å². The second kappa shape index (κ2) is 7.27. The van der Waals surface area contributed by atoms with Crippen molar-refractivity contribution in [3.8, 4) is 5.75 Å². The van der Waals surface area contributed by atoms with Crippen LogP contribution in [0.15, 0.2) is 30.6 Å². The lowest BCUT2D eigenvalue weighted by molar-refractivity contribution is 0.398. The van der Waals surface area contributed by atoms with E-state index >= 15 is 0 Å². The number of hydrogen-bond donors (Lipinski definition) is 1. The van der Waals surface area contributed by atoms with Crippen molar-refractivity contribution < 1.29 is 4.74 Å². The highest BCUT2D eigenvalue weighted by Gasteiger charge is 2.17. The molecular formula is C17H25N3O. The van der Waals surface area contributed by atoms with Gasteiger partial charge in [-0.2, -0.15) is 5.10 Å². The minimum atomic E-state index is 0.240. The average Bonchev–Trinajstić information content (AvgIpc) is 2.88. The van der Waals surface area contributed by atoms with E-state index in [-0.39, 0.29) is 6.04 Å². The van der Waals surface area contributed by atoms with Crippen LogP contribution in [0.5, 0.6) is 5.75 Å². The SMILES string of the molecule is CCCNC(Cc1cnn(C)c1)c1cc(C)ccc1OC. The number of nitrogens with zero attached hydrogens (tertiary/aromatic N) is 2. The maximum atomic E-state index is 5.54. The van der Waals surface area contributed by atoms with Crippen LogP contribution in [0.1, 0.15) is 36.1 Å². The van der Waals surface area contributed by atoms with Gasteiger partial charge in [0, 0.05) is 24.8 Å². The Morgan fingerprint density at radius 3 is 2.81 bits per heavy atom. The first-order chi connectivity index (χ1) is 10.1. The molecule has 1 N–H and O–H groups in total. The van der Waals surface area contributed by atoms with E-state index in [1.165, 1.54) is 16.7 Å². The quantitative estimate of drug-likeness (QED) is 0.851. The zero-order valence-electron chi connectivity index (χ0n) is 13.4. The van der Waals surface area contributed by atoms with Crippen LogP contribution in [-0.2, 0) is 13.5 Å². The largest absolute Gasteiger partial charge is 0.496 e. The van der Waals surface area contributed by atoms with E-state index < -0.39 is 0 Å². The van der Waals surface area contributed by atoms with Gasteiger partial charge in [-0.3, -0.25) is 4.68 Å². The Balaban J connectivity index is 2.28. The van der Waals surface area contributed by atoms with Gasteiger partial charge in [-0.05, 0) is 37.9 Å². The maximum Gasteiger partial charge on any atom is 0.123 e. The van der Waals surface area contributed by atoms with Crippen molar-refractivity contribution >= 4 is 0 Å². The molecule has 0 saturated carbocycles. The molecule has 1 unspecified atom stereocenters. The van der Waals surface area contributed by atoms with Gasteiger partial charge < -0.3 is 10.1 Å². The van der Waals surface area contributed by atoms with Crippen LogP contribution >= 0.6 is 0 Å². The maximum absolute atomic E-state index is 5.54. The molecule has 4 nitrogen and oxygen atoms in total. The van der Waals surface area contributed by atoms with Crippen LogP contribution < -0.4 is 10.1 Å². The van der Waals surface area contributed by atoms with Gasteiger partial charge in [-0.15, -0.1) is 0 Å². The molecule has 0 spiro atoms. The summed E-state index contributed by atoms with van der Waals surface area (Å²) in [4.78, 5) is 0. The number of methoxy groups -OCH3 is 1. The van der Waals surface area contributed by atoms with Crippen molar-refractivity contribution in [2.75, 3.05) is 13.7 Å². The summed E-state index contributed by atoms with van der Waals surface area (Å²) in [6.45, 7) is 5.29. The van der Waals surface area contributed by atoms with Crippen molar-refractivity contribution in [3.63, 3.8) is 0 Å². The third kappa shape index (κ3) is 4.08. The molecule has 114 valence electrons. The summed E-state index contributed by atoms with van der Waals surface area (Å²) in [7, 11) is 3.68. The summed E-state index contributed by atoms with van der Waals surface area (Å²) in [5, 5.41) is 7.89. The molecule has 0 bridgehead atoms. The Morgan fingerprint density at radius 1 is 1.38 bits per heavy atom. The molecule has 1 aromatic carbocycles. The minimum absolute atomic E-state index is 0.240. The lowest BCUT2D eigenvalue weighted by Gasteiger charge is -2.21. The van der Waals surface area contributed by atoms with E-state index in [0.29, 0.717) is 0 Å². The number of aryl methyl sites for hydroxylation is 2. The molecule has 2 aromatic rings. The summed E-state index contributed by atoms with van der Waals surface area (Å²) < 4.78 is 7.39. The lowest BCUT2D eigenvalue weighted by atomic mass is 9.98. The van der Waals surface area contributed by atoms with Crippen LogP contribution in [0.25, 0.3) is 0 Å². The van der Waals surface area contributed by atoms with Crippen LogP contribution in [-0.4, -0.2) is 23.4 Å². The fraction of sp³-hybridized carbons (Fsp3) is 0.471. The molecule has 1 heterocycles. The van der Waals surface area contributed by atoms with Crippen molar-refractivity contribution in [3.05, 3.63) is 47.3 Å². The lowest BCUT2D eigenvalue weighted by Crippen LogP contribution is -2.24. The molecule has 0 saturated heterocycles. The van der Waals surface area contributed by atoms with Gasteiger partial charge in [0.25, 0.3) is 0 Å². The van der Waals surface area contributed by atoms with Gasteiger partial charge in [-0.25, -0.2) is 0 Å². The van der Waals surface area contributed by atoms with Crippen LogP contribution in [0, 0.1) is 6.92 Å². The van der Waals surface area contributed by atoms with E-state index in [4.69, 9.17) is 4.74 Å². The Kier molecular flexibility index (Phi) is 5.39. The highest BCUT2D eigenvalue weighted by Crippen LogP contribution is 2.28. The zero-order chi connectivity index (χ0) is 15.2. The van der Waals surface area contributed by atoms with Crippen LogP contribution in [0.3, 0.4) is 0 Å². The first-order valence-corrected chi connectivity index (χ1v) is 7.49. The number of benzene rings is 1. The molecule has 1 atom stereocenters. The predicted molar refractivity (Wildman–Crippen MR) is 85.7 cm³/mol. The fourth-order valence-electron chi connectivity index (χ4n) is 2.55. The van der Waals surface area contributed by atoms with Crippen LogP contribution in [0.4, 0.5) is 0 Å². The molecule has 0 amide bonds. The minimum Gasteiger partial charge on any atom is -0.496 e. The number of hydrogen-bond acceptors (Lipinski definition) is 3. The highest BCUT2D eigenvalue weighted by molar-refractivity contribution is 5.39. The van der Waals surface area contributed by atoms with Gasteiger partial charge in [0.15, 0.2) is 0 Å².